The number of hydrogen-bond acceptors (Lipinski definition) is 3. The van der Waals surface area contributed by atoms with E-state index in [1.54, 1.807) is 12.1 Å². The van der Waals surface area contributed by atoms with E-state index in [4.69, 9.17) is 16.3 Å². The summed E-state index contributed by atoms with van der Waals surface area (Å²) < 4.78 is 32.9. The summed E-state index contributed by atoms with van der Waals surface area (Å²) in [5.74, 6) is -2.54. The number of rotatable bonds is 6. The summed E-state index contributed by atoms with van der Waals surface area (Å²) in [7, 11) is 0. The maximum atomic E-state index is 13.7. The number of nitrogens with one attached hydrogen (secondary N) is 2. The Balaban J connectivity index is 0.00000242. The Morgan fingerprint density at radius 1 is 1.45 bits per heavy atom. The van der Waals surface area contributed by atoms with Crippen molar-refractivity contribution in [3.63, 3.8) is 0 Å². The van der Waals surface area contributed by atoms with Gasteiger partial charge in [-0.15, -0.1) is 12.4 Å². The molecule has 22 heavy (non-hydrogen) atoms. The summed E-state index contributed by atoms with van der Waals surface area (Å²) in [6, 6.07) is 5.37. The minimum atomic E-state index is -2.65. The van der Waals surface area contributed by atoms with Gasteiger partial charge < -0.3 is 15.4 Å². The third-order valence-corrected chi connectivity index (χ3v) is 3.89. The highest BCUT2D eigenvalue weighted by atomic mass is 35.5. The van der Waals surface area contributed by atoms with Crippen LogP contribution in [-0.4, -0.2) is 32.2 Å². The second kappa shape index (κ2) is 8.87. The quantitative estimate of drug-likeness (QED) is 0.820. The molecule has 2 N–H and O–H groups in total. The molecule has 1 aliphatic rings. The molecule has 0 spiro atoms. The van der Waals surface area contributed by atoms with Crippen LogP contribution in [0.5, 0.6) is 5.75 Å². The average molecular weight is 355 g/mol. The normalized spacial score (nSPS) is 20.3. The van der Waals surface area contributed by atoms with Crippen LogP contribution in [0.2, 0.25) is 5.02 Å². The van der Waals surface area contributed by atoms with Crippen LogP contribution in [0, 0.1) is 5.92 Å². The molecule has 7 heteroatoms. The zero-order chi connectivity index (χ0) is 15.3. The van der Waals surface area contributed by atoms with Gasteiger partial charge in [-0.05, 0) is 38.1 Å². The number of benzene rings is 1. The van der Waals surface area contributed by atoms with Gasteiger partial charge in [0.2, 0.25) is 0 Å². The molecule has 0 saturated carbocycles. The smallest absolute Gasteiger partial charge is 0.264 e. The van der Waals surface area contributed by atoms with Gasteiger partial charge in [-0.25, -0.2) is 8.78 Å². The van der Waals surface area contributed by atoms with Gasteiger partial charge in [0.25, 0.3) is 5.92 Å². The lowest BCUT2D eigenvalue weighted by Crippen LogP contribution is -2.49. The molecule has 126 valence electrons. The Morgan fingerprint density at radius 3 is 2.91 bits per heavy atom. The van der Waals surface area contributed by atoms with Crippen LogP contribution in [0.3, 0.4) is 0 Å². The third-order valence-electron chi connectivity index (χ3n) is 3.66. The Kier molecular flexibility index (Phi) is 7.83. The molecule has 1 saturated heterocycles. The van der Waals surface area contributed by atoms with Crippen molar-refractivity contribution in [3.05, 3.63) is 28.8 Å². The van der Waals surface area contributed by atoms with Crippen molar-refractivity contribution < 1.29 is 13.5 Å². The Morgan fingerprint density at radius 2 is 2.23 bits per heavy atom. The van der Waals surface area contributed by atoms with Gasteiger partial charge >= 0.3 is 0 Å². The van der Waals surface area contributed by atoms with Crippen LogP contribution >= 0.6 is 24.0 Å². The fraction of sp³-hybridized carbons (Fsp3) is 0.600. The van der Waals surface area contributed by atoms with Crippen molar-refractivity contribution in [3.8, 4) is 5.75 Å². The molecule has 3 nitrogen and oxygen atoms in total. The van der Waals surface area contributed by atoms with Crippen molar-refractivity contribution in [2.75, 3.05) is 26.2 Å². The largest absolute Gasteiger partial charge is 0.494 e. The first-order valence-electron chi connectivity index (χ1n) is 7.23. The fourth-order valence-electron chi connectivity index (χ4n) is 2.50. The van der Waals surface area contributed by atoms with Gasteiger partial charge in [-0.2, -0.15) is 0 Å². The summed E-state index contributed by atoms with van der Waals surface area (Å²) in [6.07, 6.45) is 0.480. The molecule has 1 atom stereocenters. The maximum Gasteiger partial charge on any atom is 0.264 e. The summed E-state index contributed by atoms with van der Waals surface area (Å²) in [4.78, 5) is 0. The van der Waals surface area contributed by atoms with Gasteiger partial charge in [0, 0.05) is 29.6 Å². The SMILES string of the molecule is CCOc1ccc(Cl)cc1CNCC1CCNCC1(F)F.Cl. The standard InChI is InChI=1S/C15H21ClF2N2O.ClH/c1-2-21-14-4-3-13(16)7-11(14)8-20-9-12-5-6-19-10-15(12,17)18;/h3-4,7,12,19-20H,2,5-6,8-10H2,1H3;1H. The Labute approximate surface area is 141 Å². The van der Waals surface area contributed by atoms with Crippen molar-refractivity contribution >= 4 is 24.0 Å². The van der Waals surface area contributed by atoms with Crippen LogP contribution in [0.4, 0.5) is 8.78 Å². The first-order valence-corrected chi connectivity index (χ1v) is 7.61. The van der Waals surface area contributed by atoms with E-state index >= 15 is 0 Å². The highest BCUT2D eigenvalue weighted by Crippen LogP contribution is 2.29. The molecule has 1 unspecified atom stereocenters. The molecule has 1 aliphatic heterocycles. The lowest BCUT2D eigenvalue weighted by atomic mass is 9.94. The number of piperidine rings is 1. The lowest BCUT2D eigenvalue weighted by Gasteiger charge is -2.32. The molecule has 1 aromatic carbocycles. The number of alkyl halides is 2. The van der Waals surface area contributed by atoms with Crippen molar-refractivity contribution in [2.24, 2.45) is 5.92 Å². The highest BCUT2D eigenvalue weighted by Gasteiger charge is 2.40. The Hall–Kier alpha value is -0.620. The van der Waals surface area contributed by atoms with E-state index in [2.05, 4.69) is 10.6 Å². The number of ether oxygens (including phenoxy) is 1. The van der Waals surface area contributed by atoms with Crippen LogP contribution in [0.15, 0.2) is 18.2 Å². The van der Waals surface area contributed by atoms with E-state index in [1.807, 2.05) is 13.0 Å². The van der Waals surface area contributed by atoms with Crippen LogP contribution in [-0.2, 0) is 6.54 Å². The summed E-state index contributed by atoms with van der Waals surface area (Å²) in [6.45, 7) is 3.62. The lowest BCUT2D eigenvalue weighted by molar-refractivity contribution is -0.0721. The zero-order valence-corrected chi connectivity index (χ0v) is 14.1. The fourth-order valence-corrected chi connectivity index (χ4v) is 2.70. The van der Waals surface area contributed by atoms with Crippen molar-refractivity contribution in [2.45, 2.75) is 25.8 Å². The molecular weight excluding hydrogens is 333 g/mol. The number of halogens is 4. The molecule has 0 radical (unpaired) electrons. The second-order valence-corrected chi connectivity index (χ2v) is 5.68. The molecule has 2 rings (SSSR count). The van der Waals surface area contributed by atoms with Crippen LogP contribution in [0.25, 0.3) is 0 Å². The minimum Gasteiger partial charge on any atom is -0.494 e. The maximum absolute atomic E-state index is 13.7. The van der Waals surface area contributed by atoms with Crippen molar-refractivity contribution in [1.29, 1.82) is 0 Å². The summed E-state index contributed by atoms with van der Waals surface area (Å²) in [5.41, 5.74) is 0.890. The van der Waals surface area contributed by atoms with Gasteiger partial charge in [0.05, 0.1) is 13.2 Å². The molecule has 1 fully saturated rings. The van der Waals surface area contributed by atoms with Gasteiger partial charge in [0.15, 0.2) is 0 Å². The summed E-state index contributed by atoms with van der Waals surface area (Å²) >= 11 is 5.98. The predicted molar refractivity (Wildman–Crippen MR) is 87.5 cm³/mol. The molecule has 0 aromatic heterocycles. The second-order valence-electron chi connectivity index (χ2n) is 5.24. The third kappa shape index (κ3) is 5.23. The number of hydrogen-bond donors (Lipinski definition) is 2. The van der Waals surface area contributed by atoms with Crippen LogP contribution < -0.4 is 15.4 Å². The molecular formula is C15H22Cl2F2N2O. The van der Waals surface area contributed by atoms with Gasteiger partial charge in [-0.1, -0.05) is 11.6 Å². The zero-order valence-electron chi connectivity index (χ0n) is 12.5. The van der Waals surface area contributed by atoms with E-state index in [0.717, 1.165) is 11.3 Å². The first-order chi connectivity index (χ1) is 10.0. The van der Waals surface area contributed by atoms with Gasteiger partial charge in [-0.3, -0.25) is 0 Å². The monoisotopic (exact) mass is 354 g/mol. The van der Waals surface area contributed by atoms with E-state index < -0.39 is 11.8 Å². The summed E-state index contributed by atoms with van der Waals surface area (Å²) in [5, 5.41) is 6.45. The van der Waals surface area contributed by atoms with Gasteiger partial charge in [0.1, 0.15) is 5.75 Å². The van der Waals surface area contributed by atoms with E-state index in [9.17, 15) is 8.78 Å². The molecule has 0 amide bonds. The van der Waals surface area contributed by atoms with E-state index in [0.29, 0.717) is 31.1 Å². The highest BCUT2D eigenvalue weighted by molar-refractivity contribution is 6.30. The topological polar surface area (TPSA) is 33.3 Å². The van der Waals surface area contributed by atoms with Crippen molar-refractivity contribution in [1.82, 2.24) is 10.6 Å². The van der Waals surface area contributed by atoms with E-state index in [1.165, 1.54) is 0 Å². The average Bonchev–Trinajstić information content (AvgIpc) is 2.43. The minimum absolute atomic E-state index is 0. The molecule has 0 bridgehead atoms. The molecule has 1 heterocycles. The first kappa shape index (κ1) is 19.4. The van der Waals surface area contributed by atoms with Crippen LogP contribution in [0.1, 0.15) is 18.9 Å². The molecule has 0 aliphatic carbocycles. The van der Waals surface area contributed by atoms with E-state index in [-0.39, 0.29) is 25.5 Å². The Bertz CT molecular complexity index is 475. The molecule has 1 aromatic rings. The predicted octanol–water partition coefficient (Wildman–Crippen LogP) is 3.49.